The van der Waals surface area contributed by atoms with Gasteiger partial charge in [0.15, 0.2) is 5.78 Å². The van der Waals surface area contributed by atoms with Gasteiger partial charge in [0, 0.05) is 29.8 Å². The molecule has 27 heavy (non-hydrogen) atoms. The van der Waals surface area contributed by atoms with Gasteiger partial charge in [0.2, 0.25) is 0 Å². The molecule has 0 aliphatic heterocycles. The first-order valence-corrected chi connectivity index (χ1v) is 9.13. The van der Waals surface area contributed by atoms with E-state index in [0.29, 0.717) is 11.1 Å². The molecule has 0 unspecified atom stereocenters. The highest BCUT2D eigenvalue weighted by Crippen LogP contribution is 2.41. The summed E-state index contributed by atoms with van der Waals surface area (Å²) in [5.74, 6) is 0.00935. The van der Waals surface area contributed by atoms with Crippen molar-refractivity contribution in [3.8, 4) is 11.1 Å². The number of fused-ring (bicyclic) bond motifs is 2. The van der Waals surface area contributed by atoms with E-state index in [1.54, 1.807) is 17.7 Å². The quantitative estimate of drug-likeness (QED) is 0.568. The minimum atomic E-state index is -0.0710. The molecule has 0 fully saturated rings. The molecule has 138 valence electrons. The van der Waals surface area contributed by atoms with E-state index >= 15 is 0 Å². The number of carbonyl (C=O) groups is 1. The minimum Gasteiger partial charge on any atom is -0.379 e. The standard InChI is InChI=1S/C22H23N3O2/c1-24-18-10-9-17(23-11-12-25(2,3)4)21-20(18)16(13-19(24)26)14-7-5-6-8-15(14)22(21)27/h5-10,13H,11-12H2,1-4H3/p+1. The molecular weight excluding hydrogens is 338 g/mol. The lowest BCUT2D eigenvalue weighted by Crippen LogP contribution is -2.38. The number of anilines is 1. The van der Waals surface area contributed by atoms with Crippen molar-refractivity contribution in [3.63, 3.8) is 0 Å². The lowest BCUT2D eigenvalue weighted by atomic mass is 9.83. The summed E-state index contributed by atoms with van der Waals surface area (Å²) < 4.78 is 2.45. The number of benzene rings is 2. The number of likely N-dealkylation sites (N-methyl/N-ethyl adjacent to an activating group) is 1. The Hall–Kier alpha value is -2.92. The molecule has 0 bridgehead atoms. The minimum absolute atomic E-state index is 0.00935. The smallest absolute Gasteiger partial charge is 0.251 e. The number of nitrogens with one attached hydrogen (secondary N) is 1. The van der Waals surface area contributed by atoms with E-state index in [9.17, 15) is 9.59 Å². The van der Waals surface area contributed by atoms with Crippen LogP contribution in [0.5, 0.6) is 0 Å². The molecular formula is C22H24N3O2+. The summed E-state index contributed by atoms with van der Waals surface area (Å²) in [5.41, 5.74) is 4.54. The molecule has 1 heterocycles. The molecule has 0 amide bonds. The maximum atomic E-state index is 13.3. The number of nitrogens with zero attached hydrogens (tertiary/aromatic N) is 2. The molecule has 0 saturated heterocycles. The van der Waals surface area contributed by atoms with Gasteiger partial charge in [-0.1, -0.05) is 24.3 Å². The molecule has 0 radical (unpaired) electrons. The highest BCUT2D eigenvalue weighted by atomic mass is 16.1. The van der Waals surface area contributed by atoms with Crippen molar-refractivity contribution in [1.29, 1.82) is 0 Å². The number of carbonyl (C=O) groups excluding carboxylic acids is 1. The molecule has 5 nitrogen and oxygen atoms in total. The summed E-state index contributed by atoms with van der Waals surface area (Å²) in [7, 11) is 8.17. The van der Waals surface area contributed by atoms with E-state index < -0.39 is 0 Å². The van der Waals surface area contributed by atoms with Crippen molar-refractivity contribution >= 4 is 22.4 Å². The van der Waals surface area contributed by atoms with Crippen molar-refractivity contribution in [2.45, 2.75) is 0 Å². The fourth-order valence-electron chi connectivity index (χ4n) is 3.73. The number of rotatable bonds is 4. The SMILES string of the molecule is Cn1c(=O)cc2c3c(c(NCC[N+](C)(C)C)ccc31)C(=O)c1ccccc1-2. The van der Waals surface area contributed by atoms with Crippen molar-refractivity contribution in [2.75, 3.05) is 39.5 Å². The normalized spacial score (nSPS) is 13.0. The Morgan fingerprint density at radius 3 is 2.37 bits per heavy atom. The van der Waals surface area contributed by atoms with Gasteiger partial charge in [-0.05, 0) is 23.3 Å². The largest absolute Gasteiger partial charge is 0.379 e. The molecule has 1 aliphatic carbocycles. The van der Waals surface area contributed by atoms with Crippen LogP contribution in [0.2, 0.25) is 0 Å². The van der Waals surface area contributed by atoms with Gasteiger partial charge in [-0.3, -0.25) is 9.59 Å². The van der Waals surface area contributed by atoms with Crippen LogP contribution in [0.3, 0.4) is 0 Å². The molecule has 0 spiro atoms. The Balaban J connectivity index is 1.96. The predicted octanol–water partition coefficient (Wildman–Crippen LogP) is 2.87. The molecule has 3 aromatic rings. The molecule has 1 aliphatic rings. The number of hydrogen-bond acceptors (Lipinski definition) is 3. The molecule has 1 aromatic heterocycles. The Morgan fingerprint density at radius 2 is 1.67 bits per heavy atom. The highest BCUT2D eigenvalue weighted by molar-refractivity contribution is 6.28. The summed E-state index contributed by atoms with van der Waals surface area (Å²) in [6.45, 7) is 1.69. The van der Waals surface area contributed by atoms with Crippen molar-refractivity contribution in [3.05, 3.63) is 63.9 Å². The number of aryl methyl sites for hydroxylation is 1. The number of ketones is 1. The van der Waals surface area contributed by atoms with Gasteiger partial charge in [-0.2, -0.15) is 0 Å². The van der Waals surface area contributed by atoms with Crippen LogP contribution in [0, 0.1) is 0 Å². The molecule has 0 atom stereocenters. The fourth-order valence-corrected chi connectivity index (χ4v) is 3.73. The van der Waals surface area contributed by atoms with Crippen LogP contribution in [0.1, 0.15) is 15.9 Å². The average molecular weight is 362 g/mol. The predicted molar refractivity (Wildman–Crippen MR) is 109 cm³/mol. The summed E-state index contributed by atoms with van der Waals surface area (Å²) in [5, 5.41) is 4.30. The summed E-state index contributed by atoms with van der Waals surface area (Å²) in [4.78, 5) is 25.8. The van der Waals surface area contributed by atoms with Gasteiger partial charge in [-0.15, -0.1) is 0 Å². The number of quaternary nitrogens is 1. The van der Waals surface area contributed by atoms with E-state index in [4.69, 9.17) is 0 Å². The maximum absolute atomic E-state index is 13.3. The van der Waals surface area contributed by atoms with Crippen LogP contribution in [-0.4, -0.2) is 49.1 Å². The zero-order chi connectivity index (χ0) is 19.3. The van der Waals surface area contributed by atoms with Crippen molar-refractivity contribution in [1.82, 2.24) is 4.57 Å². The lowest BCUT2D eigenvalue weighted by Gasteiger charge is -2.26. The third kappa shape index (κ3) is 2.84. The molecule has 0 saturated carbocycles. The first-order valence-electron chi connectivity index (χ1n) is 9.13. The van der Waals surface area contributed by atoms with Gasteiger partial charge in [0.1, 0.15) is 0 Å². The molecule has 5 heteroatoms. The monoisotopic (exact) mass is 362 g/mol. The van der Waals surface area contributed by atoms with Gasteiger partial charge in [0.05, 0.1) is 45.3 Å². The summed E-state index contributed by atoms with van der Waals surface area (Å²) in [6.07, 6.45) is 0. The Labute approximate surface area is 158 Å². The van der Waals surface area contributed by atoms with Crippen LogP contribution in [0.25, 0.3) is 22.0 Å². The molecule has 2 aromatic carbocycles. The second-order valence-corrected chi connectivity index (χ2v) is 8.15. The number of pyridine rings is 1. The first-order chi connectivity index (χ1) is 12.8. The van der Waals surface area contributed by atoms with E-state index in [1.807, 2.05) is 36.4 Å². The van der Waals surface area contributed by atoms with E-state index in [0.717, 1.165) is 45.3 Å². The van der Waals surface area contributed by atoms with Crippen LogP contribution in [0.4, 0.5) is 5.69 Å². The fraction of sp³-hybridized carbons (Fsp3) is 0.273. The van der Waals surface area contributed by atoms with Crippen molar-refractivity contribution in [2.24, 2.45) is 7.05 Å². The zero-order valence-electron chi connectivity index (χ0n) is 16.2. The first kappa shape index (κ1) is 17.5. The summed E-state index contributed by atoms with van der Waals surface area (Å²) >= 11 is 0. The molecule has 1 N–H and O–H groups in total. The number of hydrogen-bond donors (Lipinski definition) is 1. The topological polar surface area (TPSA) is 51.1 Å². The second kappa shape index (κ2) is 6.06. The van der Waals surface area contributed by atoms with Crippen LogP contribution < -0.4 is 10.9 Å². The van der Waals surface area contributed by atoms with Gasteiger partial charge in [0.25, 0.3) is 5.56 Å². The highest BCUT2D eigenvalue weighted by Gasteiger charge is 2.28. The van der Waals surface area contributed by atoms with Crippen LogP contribution in [-0.2, 0) is 7.05 Å². The second-order valence-electron chi connectivity index (χ2n) is 8.15. The third-order valence-corrected chi connectivity index (χ3v) is 5.20. The third-order valence-electron chi connectivity index (χ3n) is 5.20. The lowest BCUT2D eigenvalue weighted by molar-refractivity contribution is -0.868. The Bertz CT molecular complexity index is 1140. The Kier molecular flexibility index (Phi) is 3.93. The van der Waals surface area contributed by atoms with Gasteiger partial charge >= 0.3 is 0 Å². The van der Waals surface area contributed by atoms with Crippen LogP contribution in [0.15, 0.2) is 47.3 Å². The van der Waals surface area contributed by atoms with Gasteiger partial charge < -0.3 is 14.4 Å². The van der Waals surface area contributed by atoms with E-state index in [-0.39, 0.29) is 11.3 Å². The summed E-state index contributed by atoms with van der Waals surface area (Å²) in [6, 6.07) is 13.0. The van der Waals surface area contributed by atoms with Crippen LogP contribution >= 0.6 is 0 Å². The average Bonchev–Trinajstić information content (AvgIpc) is 2.62. The van der Waals surface area contributed by atoms with Gasteiger partial charge in [-0.25, -0.2) is 0 Å². The number of aromatic nitrogens is 1. The Morgan fingerprint density at radius 1 is 0.963 bits per heavy atom. The zero-order valence-corrected chi connectivity index (χ0v) is 16.2. The van der Waals surface area contributed by atoms with E-state index in [1.165, 1.54) is 0 Å². The van der Waals surface area contributed by atoms with E-state index in [2.05, 4.69) is 26.5 Å². The maximum Gasteiger partial charge on any atom is 0.251 e. The molecule has 4 rings (SSSR count). The van der Waals surface area contributed by atoms with Crippen molar-refractivity contribution < 1.29 is 9.28 Å².